The van der Waals surface area contributed by atoms with E-state index < -0.39 is 0 Å². The number of nitrogens with one attached hydrogen (secondary N) is 1. The highest BCUT2D eigenvalue weighted by molar-refractivity contribution is 6.30. The van der Waals surface area contributed by atoms with Gasteiger partial charge in [-0.1, -0.05) is 48.0 Å². The van der Waals surface area contributed by atoms with Crippen molar-refractivity contribution in [1.29, 1.82) is 0 Å². The minimum Gasteiger partial charge on any atom is -0.377 e. The summed E-state index contributed by atoms with van der Waals surface area (Å²) < 4.78 is 5.35. The van der Waals surface area contributed by atoms with Gasteiger partial charge in [-0.15, -0.1) is 0 Å². The van der Waals surface area contributed by atoms with E-state index >= 15 is 0 Å². The van der Waals surface area contributed by atoms with Crippen LogP contribution in [0.25, 0.3) is 6.08 Å². The molecule has 0 radical (unpaired) electrons. The first-order valence-electron chi connectivity index (χ1n) is 7.54. The van der Waals surface area contributed by atoms with Gasteiger partial charge in [0, 0.05) is 24.3 Å². The molecule has 2 rings (SSSR count). The van der Waals surface area contributed by atoms with E-state index in [1.54, 1.807) is 12.1 Å². The summed E-state index contributed by atoms with van der Waals surface area (Å²) in [5, 5.41) is 3.51. The van der Waals surface area contributed by atoms with E-state index in [1.165, 1.54) is 6.08 Å². The maximum Gasteiger partial charge on any atom is 0.244 e. The fraction of sp³-hybridized carbons (Fsp3) is 0.211. The zero-order valence-electron chi connectivity index (χ0n) is 13.1. The van der Waals surface area contributed by atoms with Gasteiger partial charge in [0.25, 0.3) is 0 Å². The lowest BCUT2D eigenvalue weighted by Gasteiger charge is -2.05. The van der Waals surface area contributed by atoms with E-state index in [0.29, 0.717) is 24.8 Å². The fourth-order valence-electron chi connectivity index (χ4n) is 2.00. The van der Waals surface area contributed by atoms with Crippen LogP contribution < -0.4 is 5.32 Å². The molecule has 0 aliphatic heterocycles. The van der Waals surface area contributed by atoms with Crippen LogP contribution in [0.1, 0.15) is 23.6 Å². The van der Waals surface area contributed by atoms with Gasteiger partial charge in [-0.2, -0.15) is 0 Å². The van der Waals surface area contributed by atoms with Crippen LogP contribution in [-0.4, -0.2) is 12.5 Å². The van der Waals surface area contributed by atoms with E-state index in [-0.39, 0.29) is 5.91 Å². The van der Waals surface area contributed by atoms with Crippen molar-refractivity contribution in [2.45, 2.75) is 20.1 Å². The molecule has 0 aromatic heterocycles. The van der Waals surface area contributed by atoms with Crippen molar-refractivity contribution in [2.75, 3.05) is 6.61 Å². The Morgan fingerprint density at radius 2 is 1.91 bits per heavy atom. The standard InChI is InChI=1S/C19H20ClNO2/c1-2-23-14-17-8-6-16(7-9-17)13-21-19(22)11-10-15-4-3-5-18(20)12-15/h3-12H,2,13-14H2,1H3,(H,21,22)/b11-10+. The Hall–Kier alpha value is -2.10. The van der Waals surface area contributed by atoms with Crippen LogP contribution in [-0.2, 0) is 22.7 Å². The summed E-state index contributed by atoms with van der Waals surface area (Å²) in [6.45, 7) is 3.79. The van der Waals surface area contributed by atoms with Gasteiger partial charge in [-0.3, -0.25) is 4.79 Å². The topological polar surface area (TPSA) is 38.3 Å². The highest BCUT2D eigenvalue weighted by Gasteiger charge is 1.98. The molecular formula is C19H20ClNO2. The predicted octanol–water partition coefficient (Wildman–Crippen LogP) is 4.21. The van der Waals surface area contributed by atoms with Gasteiger partial charge in [0.05, 0.1) is 6.61 Å². The number of benzene rings is 2. The fourth-order valence-corrected chi connectivity index (χ4v) is 2.20. The monoisotopic (exact) mass is 329 g/mol. The van der Waals surface area contributed by atoms with Crippen molar-refractivity contribution in [1.82, 2.24) is 5.32 Å². The minimum atomic E-state index is -0.136. The first-order chi connectivity index (χ1) is 11.2. The van der Waals surface area contributed by atoms with Crippen LogP contribution in [0.2, 0.25) is 5.02 Å². The van der Waals surface area contributed by atoms with Gasteiger partial charge < -0.3 is 10.1 Å². The second-order valence-electron chi connectivity index (χ2n) is 5.06. The third kappa shape index (κ3) is 6.27. The zero-order valence-corrected chi connectivity index (χ0v) is 13.8. The van der Waals surface area contributed by atoms with Crippen LogP contribution >= 0.6 is 11.6 Å². The highest BCUT2D eigenvalue weighted by atomic mass is 35.5. The molecule has 0 saturated heterocycles. The molecule has 0 unspecified atom stereocenters. The molecule has 1 amide bonds. The maximum absolute atomic E-state index is 11.8. The lowest BCUT2D eigenvalue weighted by atomic mass is 10.1. The smallest absolute Gasteiger partial charge is 0.244 e. The van der Waals surface area contributed by atoms with Gasteiger partial charge >= 0.3 is 0 Å². The first-order valence-corrected chi connectivity index (χ1v) is 7.92. The van der Waals surface area contributed by atoms with E-state index in [2.05, 4.69) is 5.32 Å². The molecule has 0 aliphatic carbocycles. The Kier molecular flexibility index (Phi) is 6.85. The molecule has 23 heavy (non-hydrogen) atoms. The summed E-state index contributed by atoms with van der Waals surface area (Å²) in [7, 11) is 0. The van der Waals surface area contributed by atoms with Crippen LogP contribution in [0.5, 0.6) is 0 Å². The van der Waals surface area contributed by atoms with E-state index in [9.17, 15) is 4.79 Å². The Balaban J connectivity index is 1.82. The van der Waals surface area contributed by atoms with Gasteiger partial charge in [0.2, 0.25) is 5.91 Å². The van der Waals surface area contributed by atoms with Crippen molar-refractivity contribution in [2.24, 2.45) is 0 Å². The molecule has 0 heterocycles. The summed E-state index contributed by atoms with van der Waals surface area (Å²) in [4.78, 5) is 11.8. The molecule has 1 N–H and O–H groups in total. The average molecular weight is 330 g/mol. The number of carbonyl (C=O) groups is 1. The van der Waals surface area contributed by atoms with Crippen LogP contribution in [0, 0.1) is 0 Å². The molecule has 0 atom stereocenters. The molecule has 0 saturated carbocycles. The maximum atomic E-state index is 11.8. The highest BCUT2D eigenvalue weighted by Crippen LogP contribution is 2.11. The number of hydrogen-bond acceptors (Lipinski definition) is 2. The van der Waals surface area contributed by atoms with Crippen LogP contribution in [0.3, 0.4) is 0 Å². The van der Waals surface area contributed by atoms with E-state index in [0.717, 1.165) is 16.7 Å². The molecule has 120 valence electrons. The van der Waals surface area contributed by atoms with Gasteiger partial charge in [-0.25, -0.2) is 0 Å². The van der Waals surface area contributed by atoms with Crippen molar-refractivity contribution >= 4 is 23.6 Å². The lowest BCUT2D eigenvalue weighted by Crippen LogP contribution is -2.20. The molecule has 0 fully saturated rings. The summed E-state index contributed by atoms with van der Waals surface area (Å²) in [5.41, 5.74) is 3.07. The van der Waals surface area contributed by atoms with Gasteiger partial charge in [-0.05, 0) is 41.8 Å². The Morgan fingerprint density at radius 1 is 1.17 bits per heavy atom. The number of ether oxygens (including phenoxy) is 1. The molecule has 4 heteroatoms. The third-order valence-corrected chi connectivity index (χ3v) is 3.47. The minimum absolute atomic E-state index is 0.136. The average Bonchev–Trinajstić information content (AvgIpc) is 2.57. The second-order valence-corrected chi connectivity index (χ2v) is 5.50. The molecule has 0 aliphatic rings. The molecule has 0 bridgehead atoms. The van der Waals surface area contributed by atoms with Gasteiger partial charge in [0.15, 0.2) is 0 Å². The first kappa shape index (κ1) is 17.3. The van der Waals surface area contributed by atoms with Crippen molar-refractivity contribution in [3.8, 4) is 0 Å². The quantitative estimate of drug-likeness (QED) is 0.773. The Morgan fingerprint density at radius 3 is 2.61 bits per heavy atom. The lowest BCUT2D eigenvalue weighted by molar-refractivity contribution is -0.116. The predicted molar refractivity (Wildman–Crippen MR) is 94.1 cm³/mol. The zero-order chi connectivity index (χ0) is 16.5. The molecule has 0 spiro atoms. The van der Waals surface area contributed by atoms with Crippen LogP contribution in [0.4, 0.5) is 0 Å². The van der Waals surface area contributed by atoms with E-state index in [1.807, 2.05) is 49.4 Å². The van der Waals surface area contributed by atoms with Crippen molar-refractivity contribution < 1.29 is 9.53 Å². The normalized spacial score (nSPS) is 10.9. The Labute approximate surface area is 141 Å². The SMILES string of the molecule is CCOCc1ccc(CNC(=O)/C=C/c2cccc(Cl)c2)cc1. The third-order valence-electron chi connectivity index (χ3n) is 3.24. The van der Waals surface area contributed by atoms with Crippen LogP contribution in [0.15, 0.2) is 54.6 Å². The summed E-state index contributed by atoms with van der Waals surface area (Å²) in [6, 6.07) is 15.4. The summed E-state index contributed by atoms with van der Waals surface area (Å²) >= 11 is 5.90. The van der Waals surface area contributed by atoms with E-state index in [4.69, 9.17) is 16.3 Å². The summed E-state index contributed by atoms with van der Waals surface area (Å²) in [5.74, 6) is -0.136. The molecular weight excluding hydrogens is 310 g/mol. The number of amides is 1. The number of rotatable bonds is 7. The molecule has 2 aromatic rings. The summed E-state index contributed by atoms with van der Waals surface area (Å²) in [6.07, 6.45) is 3.25. The second kappa shape index (κ2) is 9.13. The van der Waals surface area contributed by atoms with Crippen molar-refractivity contribution in [3.63, 3.8) is 0 Å². The molecule has 3 nitrogen and oxygen atoms in total. The number of halogens is 1. The van der Waals surface area contributed by atoms with Gasteiger partial charge in [0.1, 0.15) is 0 Å². The van der Waals surface area contributed by atoms with Crippen molar-refractivity contribution in [3.05, 3.63) is 76.3 Å². The molecule has 2 aromatic carbocycles. The largest absolute Gasteiger partial charge is 0.377 e. The number of carbonyl (C=O) groups excluding carboxylic acids is 1. The Bertz CT molecular complexity index is 665. The number of hydrogen-bond donors (Lipinski definition) is 1.